The first-order chi connectivity index (χ1) is 16.1. The van der Waals surface area contributed by atoms with Crippen LogP contribution in [0.3, 0.4) is 0 Å². The van der Waals surface area contributed by atoms with E-state index in [9.17, 15) is 4.79 Å². The second-order valence-electron chi connectivity index (χ2n) is 7.49. The van der Waals surface area contributed by atoms with E-state index in [2.05, 4.69) is 4.98 Å². The van der Waals surface area contributed by atoms with Crippen LogP contribution in [0.5, 0.6) is 11.5 Å². The molecule has 4 aromatic rings. The van der Waals surface area contributed by atoms with Crippen molar-refractivity contribution in [1.29, 1.82) is 0 Å². The molecule has 0 unspecified atom stereocenters. The third-order valence-electron chi connectivity index (χ3n) is 5.43. The zero-order valence-electron chi connectivity index (χ0n) is 17.9. The predicted molar refractivity (Wildman–Crippen MR) is 129 cm³/mol. The fourth-order valence-corrected chi connectivity index (χ4v) is 4.91. The first-order valence-corrected chi connectivity index (χ1v) is 11.7. The number of nitrogens with zero attached hydrogens (tertiary/aromatic N) is 4. The maximum Gasteiger partial charge on any atom is 0.270 e. The van der Waals surface area contributed by atoms with Crippen LogP contribution in [0, 0.1) is 0 Å². The zero-order valence-corrected chi connectivity index (χ0v) is 19.5. The highest BCUT2D eigenvalue weighted by atomic mass is 35.5. The third-order valence-corrected chi connectivity index (χ3v) is 6.81. The van der Waals surface area contributed by atoms with Crippen LogP contribution in [0.1, 0.15) is 15.4 Å². The summed E-state index contributed by atoms with van der Waals surface area (Å²) in [5, 5.41) is 1.50. The van der Waals surface area contributed by atoms with Gasteiger partial charge in [0, 0.05) is 47.7 Å². The van der Waals surface area contributed by atoms with Gasteiger partial charge in [-0.1, -0.05) is 23.7 Å². The highest BCUT2D eigenvalue weighted by Gasteiger charge is 2.30. The number of carbonyl (C=O) groups excluding carboxylic acids is 1. The summed E-state index contributed by atoms with van der Waals surface area (Å²) in [5.41, 5.74) is 2.57. The minimum absolute atomic E-state index is 0.0511. The topological polar surface area (TPSA) is 69.5 Å². The number of halogens is 1. The van der Waals surface area contributed by atoms with Crippen LogP contribution in [0.2, 0.25) is 5.02 Å². The number of fused-ring (bicyclic) bond motifs is 1. The molecule has 3 heterocycles. The van der Waals surface area contributed by atoms with E-state index >= 15 is 0 Å². The van der Waals surface area contributed by atoms with Crippen molar-refractivity contribution in [2.45, 2.75) is 13.0 Å². The van der Waals surface area contributed by atoms with Crippen LogP contribution in [0.4, 0.5) is 5.69 Å². The highest BCUT2D eigenvalue weighted by molar-refractivity contribution is 7.17. The van der Waals surface area contributed by atoms with Gasteiger partial charge in [-0.15, -0.1) is 11.3 Å². The van der Waals surface area contributed by atoms with E-state index in [0.717, 1.165) is 22.0 Å². The van der Waals surface area contributed by atoms with Crippen LogP contribution in [0.25, 0.3) is 10.6 Å². The van der Waals surface area contributed by atoms with E-state index in [0.29, 0.717) is 47.5 Å². The van der Waals surface area contributed by atoms with Gasteiger partial charge in [-0.3, -0.25) is 4.79 Å². The number of methoxy groups -OCH3 is 1. The molecule has 168 valence electrons. The van der Waals surface area contributed by atoms with Gasteiger partial charge in [0.2, 0.25) is 0 Å². The predicted octanol–water partition coefficient (Wildman–Crippen LogP) is 4.95. The molecule has 0 fully saturated rings. The van der Waals surface area contributed by atoms with Crippen molar-refractivity contribution in [3.05, 3.63) is 76.8 Å². The molecule has 9 heteroatoms. The number of aromatic nitrogens is 3. The first-order valence-electron chi connectivity index (χ1n) is 10.5. The molecule has 1 aliphatic heterocycles. The summed E-state index contributed by atoms with van der Waals surface area (Å²) in [7, 11) is 1.60. The molecule has 0 aliphatic carbocycles. The molecule has 0 radical (unpaired) electrons. The summed E-state index contributed by atoms with van der Waals surface area (Å²) in [6, 6.07) is 13.1. The van der Waals surface area contributed by atoms with Crippen molar-refractivity contribution in [2.75, 3.05) is 25.2 Å². The zero-order chi connectivity index (χ0) is 22.8. The lowest BCUT2D eigenvalue weighted by molar-refractivity contribution is 0.0984. The second kappa shape index (κ2) is 9.25. The molecule has 0 atom stereocenters. The number of thiazole rings is 1. The number of benzene rings is 2. The Kier molecular flexibility index (Phi) is 6.02. The van der Waals surface area contributed by atoms with Crippen molar-refractivity contribution >= 4 is 34.5 Å². The number of amides is 1. The van der Waals surface area contributed by atoms with Gasteiger partial charge < -0.3 is 18.9 Å². The number of carbonyl (C=O) groups is 1. The van der Waals surface area contributed by atoms with Crippen molar-refractivity contribution < 1.29 is 14.3 Å². The SMILES string of the molecule is COc1cc(N2CCc3nc(-c4ccc(Cl)cc4)sc3C2=O)ccc1OCCn1ccnc1. The van der Waals surface area contributed by atoms with E-state index in [1.165, 1.54) is 11.3 Å². The summed E-state index contributed by atoms with van der Waals surface area (Å²) >= 11 is 7.41. The van der Waals surface area contributed by atoms with Gasteiger partial charge in [0.05, 0.1) is 25.7 Å². The number of anilines is 1. The lowest BCUT2D eigenvalue weighted by Crippen LogP contribution is -2.36. The standard InChI is InChI=1S/C24H21ClN4O3S/c1-31-21-14-18(6-7-20(21)32-13-12-28-11-9-26-15-28)29-10-8-19-22(24(29)30)33-23(27-19)16-2-4-17(25)5-3-16/h2-7,9,11,14-15H,8,10,12-13H2,1H3. The molecular weight excluding hydrogens is 460 g/mol. The molecule has 2 aromatic heterocycles. The van der Waals surface area contributed by atoms with Gasteiger partial charge in [-0.25, -0.2) is 9.97 Å². The molecule has 33 heavy (non-hydrogen) atoms. The highest BCUT2D eigenvalue weighted by Crippen LogP contribution is 2.36. The average Bonchev–Trinajstić information content (AvgIpc) is 3.51. The third kappa shape index (κ3) is 4.44. The van der Waals surface area contributed by atoms with Gasteiger partial charge in [-0.05, 0) is 24.3 Å². The Labute approximate surface area is 200 Å². The molecule has 1 aliphatic rings. The summed E-state index contributed by atoms with van der Waals surface area (Å²) in [4.78, 5) is 24.5. The summed E-state index contributed by atoms with van der Waals surface area (Å²) in [6.45, 7) is 1.71. The molecule has 5 rings (SSSR count). The lowest BCUT2D eigenvalue weighted by atomic mass is 10.1. The molecule has 0 saturated heterocycles. The maximum absolute atomic E-state index is 13.3. The Morgan fingerprint density at radius 3 is 2.76 bits per heavy atom. The van der Waals surface area contributed by atoms with E-state index < -0.39 is 0 Å². The number of imidazole rings is 1. The largest absolute Gasteiger partial charge is 0.493 e. The van der Waals surface area contributed by atoms with Crippen LogP contribution in [0.15, 0.2) is 61.2 Å². The van der Waals surface area contributed by atoms with E-state index in [-0.39, 0.29) is 5.91 Å². The van der Waals surface area contributed by atoms with Crippen molar-refractivity contribution in [3.63, 3.8) is 0 Å². The van der Waals surface area contributed by atoms with E-state index in [1.807, 2.05) is 53.2 Å². The molecule has 0 saturated carbocycles. The van der Waals surface area contributed by atoms with Gasteiger partial charge in [0.15, 0.2) is 11.5 Å². The quantitative estimate of drug-likeness (QED) is 0.374. The Balaban J connectivity index is 1.33. The van der Waals surface area contributed by atoms with Crippen LogP contribution >= 0.6 is 22.9 Å². The fraction of sp³-hybridized carbons (Fsp3) is 0.208. The van der Waals surface area contributed by atoms with Crippen LogP contribution < -0.4 is 14.4 Å². The molecule has 1 amide bonds. The second-order valence-corrected chi connectivity index (χ2v) is 8.93. The van der Waals surface area contributed by atoms with Crippen LogP contribution in [-0.4, -0.2) is 40.7 Å². The maximum atomic E-state index is 13.3. The summed E-state index contributed by atoms with van der Waals surface area (Å²) < 4.78 is 13.4. The summed E-state index contributed by atoms with van der Waals surface area (Å²) in [5.74, 6) is 1.17. The van der Waals surface area contributed by atoms with Crippen molar-refractivity contribution in [2.24, 2.45) is 0 Å². The van der Waals surface area contributed by atoms with E-state index in [4.69, 9.17) is 26.1 Å². The molecule has 0 spiro atoms. The molecule has 0 N–H and O–H groups in total. The minimum Gasteiger partial charge on any atom is -0.493 e. The minimum atomic E-state index is -0.0511. The van der Waals surface area contributed by atoms with Crippen molar-refractivity contribution in [1.82, 2.24) is 14.5 Å². The van der Waals surface area contributed by atoms with Gasteiger partial charge in [0.25, 0.3) is 5.91 Å². The monoisotopic (exact) mass is 480 g/mol. The molecule has 0 bridgehead atoms. The molecule has 7 nitrogen and oxygen atoms in total. The number of rotatable bonds is 7. The first kappa shape index (κ1) is 21.5. The Morgan fingerprint density at radius 1 is 1.15 bits per heavy atom. The Bertz CT molecular complexity index is 1270. The van der Waals surface area contributed by atoms with E-state index in [1.54, 1.807) is 24.5 Å². The van der Waals surface area contributed by atoms with Gasteiger partial charge in [0.1, 0.15) is 16.5 Å². The smallest absolute Gasteiger partial charge is 0.270 e. The Morgan fingerprint density at radius 2 is 2.00 bits per heavy atom. The lowest BCUT2D eigenvalue weighted by Gasteiger charge is -2.26. The fourth-order valence-electron chi connectivity index (χ4n) is 3.72. The Hall–Kier alpha value is -3.36. The number of hydrogen-bond donors (Lipinski definition) is 0. The normalized spacial score (nSPS) is 13.2. The molecular formula is C24H21ClN4O3S. The summed E-state index contributed by atoms with van der Waals surface area (Å²) in [6.07, 6.45) is 6.06. The van der Waals surface area contributed by atoms with Crippen molar-refractivity contribution in [3.8, 4) is 22.1 Å². The van der Waals surface area contributed by atoms with Crippen LogP contribution in [-0.2, 0) is 13.0 Å². The van der Waals surface area contributed by atoms with Gasteiger partial charge >= 0.3 is 0 Å². The average molecular weight is 481 g/mol. The number of hydrogen-bond acceptors (Lipinski definition) is 6. The number of ether oxygens (including phenoxy) is 2. The molecule has 2 aromatic carbocycles. The van der Waals surface area contributed by atoms with Gasteiger partial charge in [-0.2, -0.15) is 0 Å².